The Bertz CT molecular complexity index is 617. The molecule has 0 unspecified atom stereocenters. The fraction of sp³-hybridized carbons (Fsp3) is 0.500. The number of anilines is 1. The summed E-state index contributed by atoms with van der Waals surface area (Å²) >= 11 is 0. The number of hydrogen-bond donors (Lipinski definition) is 1. The molecule has 122 valence electrons. The van der Waals surface area contributed by atoms with Crippen molar-refractivity contribution in [1.29, 1.82) is 0 Å². The third-order valence-corrected chi connectivity index (χ3v) is 4.80. The first-order chi connectivity index (χ1) is 11.1. The van der Waals surface area contributed by atoms with E-state index in [2.05, 4.69) is 5.32 Å². The molecular formula is C18H22N2O3. The first-order valence-electron chi connectivity index (χ1n) is 8.28. The summed E-state index contributed by atoms with van der Waals surface area (Å²) in [5.41, 5.74) is 1.81. The Balaban J connectivity index is 1.56. The first-order valence-corrected chi connectivity index (χ1v) is 8.28. The number of carbonyl (C=O) groups is 3. The third kappa shape index (κ3) is 3.28. The molecule has 0 radical (unpaired) electrons. The summed E-state index contributed by atoms with van der Waals surface area (Å²) in [6, 6.07) is 7.55. The standard InChI is InChI=1S/C18H22N2O3/c1-12-5-4-6-13(11-12)19-16(21)9-10-20-17(22)14-7-2-3-8-15(14)18(20)23/h4-6,11,14-15H,2-3,7-10H2,1H3,(H,19,21)/t14-,15-/m0/s1. The number of imide groups is 1. The third-order valence-electron chi connectivity index (χ3n) is 4.80. The molecule has 1 aromatic carbocycles. The Hall–Kier alpha value is -2.17. The van der Waals surface area contributed by atoms with Gasteiger partial charge in [-0.15, -0.1) is 0 Å². The van der Waals surface area contributed by atoms with Crippen LogP contribution in [0.3, 0.4) is 0 Å². The molecule has 0 aromatic heterocycles. The number of nitrogens with one attached hydrogen (secondary N) is 1. The molecule has 1 heterocycles. The Morgan fingerprint density at radius 3 is 2.43 bits per heavy atom. The summed E-state index contributed by atoms with van der Waals surface area (Å²) in [7, 11) is 0. The smallest absolute Gasteiger partial charge is 0.233 e. The SMILES string of the molecule is Cc1cccc(NC(=O)CCN2C(=O)[C@H]3CCCC[C@@H]3C2=O)c1. The molecule has 5 nitrogen and oxygen atoms in total. The largest absolute Gasteiger partial charge is 0.326 e. The van der Waals surface area contributed by atoms with Gasteiger partial charge < -0.3 is 5.32 Å². The molecule has 1 saturated heterocycles. The number of fused-ring (bicyclic) bond motifs is 1. The van der Waals surface area contributed by atoms with Crippen molar-refractivity contribution >= 4 is 23.4 Å². The van der Waals surface area contributed by atoms with E-state index in [-0.39, 0.29) is 42.5 Å². The molecule has 0 spiro atoms. The predicted molar refractivity (Wildman–Crippen MR) is 86.6 cm³/mol. The van der Waals surface area contributed by atoms with Crippen LogP contribution in [-0.4, -0.2) is 29.2 Å². The van der Waals surface area contributed by atoms with E-state index in [9.17, 15) is 14.4 Å². The van der Waals surface area contributed by atoms with Crippen LogP contribution in [0.5, 0.6) is 0 Å². The van der Waals surface area contributed by atoms with E-state index in [0.717, 1.165) is 36.9 Å². The van der Waals surface area contributed by atoms with Crippen LogP contribution < -0.4 is 5.32 Å². The molecule has 1 N–H and O–H groups in total. The second-order valence-corrected chi connectivity index (χ2v) is 6.49. The van der Waals surface area contributed by atoms with Gasteiger partial charge in [0, 0.05) is 18.7 Å². The molecule has 1 aliphatic carbocycles. The Morgan fingerprint density at radius 1 is 1.17 bits per heavy atom. The van der Waals surface area contributed by atoms with Crippen molar-refractivity contribution in [3.05, 3.63) is 29.8 Å². The number of amides is 3. The maximum absolute atomic E-state index is 12.3. The molecule has 3 amide bonds. The maximum Gasteiger partial charge on any atom is 0.233 e. The molecule has 3 rings (SSSR count). The van der Waals surface area contributed by atoms with Crippen LogP contribution in [0.15, 0.2) is 24.3 Å². The van der Waals surface area contributed by atoms with Crippen molar-refractivity contribution in [2.75, 3.05) is 11.9 Å². The first kappa shape index (κ1) is 15.7. The monoisotopic (exact) mass is 314 g/mol. The van der Waals surface area contributed by atoms with Gasteiger partial charge in [0.2, 0.25) is 17.7 Å². The second-order valence-electron chi connectivity index (χ2n) is 6.49. The van der Waals surface area contributed by atoms with Gasteiger partial charge in [0.05, 0.1) is 11.8 Å². The van der Waals surface area contributed by atoms with Gasteiger partial charge in [-0.2, -0.15) is 0 Å². The van der Waals surface area contributed by atoms with E-state index in [4.69, 9.17) is 0 Å². The van der Waals surface area contributed by atoms with E-state index >= 15 is 0 Å². The van der Waals surface area contributed by atoms with Crippen molar-refractivity contribution in [3.8, 4) is 0 Å². The number of hydrogen-bond acceptors (Lipinski definition) is 3. The maximum atomic E-state index is 12.3. The van der Waals surface area contributed by atoms with Crippen LogP contribution in [0.1, 0.15) is 37.7 Å². The normalized spacial score (nSPS) is 23.8. The number of benzene rings is 1. The molecule has 1 aliphatic heterocycles. The van der Waals surface area contributed by atoms with Gasteiger partial charge >= 0.3 is 0 Å². The summed E-state index contributed by atoms with van der Waals surface area (Å²) in [5.74, 6) is -0.621. The van der Waals surface area contributed by atoms with Gasteiger partial charge in [-0.1, -0.05) is 25.0 Å². The molecule has 2 aliphatic rings. The van der Waals surface area contributed by atoms with Crippen LogP contribution in [0, 0.1) is 18.8 Å². The molecule has 23 heavy (non-hydrogen) atoms. The van der Waals surface area contributed by atoms with E-state index in [1.165, 1.54) is 4.90 Å². The van der Waals surface area contributed by atoms with Crippen molar-refractivity contribution in [1.82, 2.24) is 4.90 Å². The quantitative estimate of drug-likeness (QED) is 0.868. The van der Waals surface area contributed by atoms with Crippen molar-refractivity contribution < 1.29 is 14.4 Å². The van der Waals surface area contributed by atoms with Crippen LogP contribution in [0.2, 0.25) is 0 Å². The summed E-state index contributed by atoms with van der Waals surface area (Å²) < 4.78 is 0. The number of nitrogens with zero attached hydrogens (tertiary/aromatic N) is 1. The lowest BCUT2D eigenvalue weighted by Crippen LogP contribution is -2.34. The fourth-order valence-electron chi connectivity index (χ4n) is 3.61. The molecule has 1 aromatic rings. The highest BCUT2D eigenvalue weighted by Crippen LogP contribution is 2.37. The average Bonchev–Trinajstić information content (AvgIpc) is 2.77. The van der Waals surface area contributed by atoms with Gasteiger partial charge in [0.15, 0.2) is 0 Å². The Morgan fingerprint density at radius 2 is 1.83 bits per heavy atom. The van der Waals surface area contributed by atoms with Crippen molar-refractivity contribution in [3.63, 3.8) is 0 Å². The number of likely N-dealkylation sites (tertiary alicyclic amines) is 1. The zero-order chi connectivity index (χ0) is 16.4. The van der Waals surface area contributed by atoms with Crippen LogP contribution in [0.25, 0.3) is 0 Å². The minimum atomic E-state index is -0.175. The summed E-state index contributed by atoms with van der Waals surface area (Å²) in [6.07, 6.45) is 3.79. The van der Waals surface area contributed by atoms with Crippen LogP contribution >= 0.6 is 0 Å². The Kier molecular flexibility index (Phi) is 4.46. The van der Waals surface area contributed by atoms with Gasteiger partial charge in [0.25, 0.3) is 0 Å². The van der Waals surface area contributed by atoms with E-state index in [1.54, 1.807) is 0 Å². The van der Waals surface area contributed by atoms with Gasteiger partial charge in [-0.05, 0) is 37.5 Å². The van der Waals surface area contributed by atoms with Crippen LogP contribution in [0.4, 0.5) is 5.69 Å². The number of carbonyl (C=O) groups excluding carboxylic acids is 3. The predicted octanol–water partition coefficient (Wildman–Crippen LogP) is 2.50. The molecule has 2 atom stereocenters. The average molecular weight is 314 g/mol. The second kappa shape index (κ2) is 6.52. The number of rotatable bonds is 4. The molecule has 0 bridgehead atoms. The number of aryl methyl sites for hydroxylation is 1. The van der Waals surface area contributed by atoms with E-state index in [1.807, 2.05) is 31.2 Å². The Labute approximate surface area is 136 Å². The van der Waals surface area contributed by atoms with Crippen LogP contribution in [-0.2, 0) is 14.4 Å². The van der Waals surface area contributed by atoms with Crippen molar-refractivity contribution in [2.24, 2.45) is 11.8 Å². The zero-order valence-corrected chi connectivity index (χ0v) is 13.4. The summed E-state index contributed by atoms with van der Waals surface area (Å²) in [5, 5.41) is 2.81. The molecule has 2 fully saturated rings. The zero-order valence-electron chi connectivity index (χ0n) is 13.4. The fourth-order valence-corrected chi connectivity index (χ4v) is 3.61. The lowest BCUT2D eigenvalue weighted by atomic mass is 9.81. The summed E-state index contributed by atoms with van der Waals surface area (Å²) in [6.45, 7) is 2.14. The topological polar surface area (TPSA) is 66.5 Å². The molecular weight excluding hydrogens is 292 g/mol. The van der Waals surface area contributed by atoms with Crippen molar-refractivity contribution in [2.45, 2.75) is 39.0 Å². The van der Waals surface area contributed by atoms with Gasteiger partial charge in [-0.3, -0.25) is 19.3 Å². The van der Waals surface area contributed by atoms with E-state index < -0.39 is 0 Å². The highest BCUT2D eigenvalue weighted by atomic mass is 16.2. The van der Waals surface area contributed by atoms with Gasteiger partial charge in [0.1, 0.15) is 0 Å². The highest BCUT2D eigenvalue weighted by molar-refractivity contribution is 6.05. The molecule has 1 saturated carbocycles. The molecule has 5 heteroatoms. The van der Waals surface area contributed by atoms with E-state index in [0.29, 0.717) is 0 Å². The summed E-state index contributed by atoms with van der Waals surface area (Å²) in [4.78, 5) is 38.0. The minimum Gasteiger partial charge on any atom is -0.326 e. The minimum absolute atomic E-state index is 0.0805. The van der Waals surface area contributed by atoms with Gasteiger partial charge in [-0.25, -0.2) is 0 Å². The highest BCUT2D eigenvalue weighted by Gasteiger charge is 2.47. The lowest BCUT2D eigenvalue weighted by Gasteiger charge is -2.19. The lowest BCUT2D eigenvalue weighted by molar-refractivity contribution is -0.140.